The first kappa shape index (κ1) is 21.5. The molecule has 2 aliphatic heterocycles. The summed E-state index contributed by atoms with van der Waals surface area (Å²) in [6.07, 6.45) is 0.764. The average molecular weight is 411 g/mol. The minimum Gasteiger partial charge on any atom is -0.444 e. The van der Waals surface area contributed by atoms with Gasteiger partial charge < -0.3 is 14.2 Å². The molecule has 1 amide bonds. The predicted octanol–water partition coefficient (Wildman–Crippen LogP) is 3.81. The van der Waals surface area contributed by atoms with Crippen molar-refractivity contribution >= 4 is 11.9 Å². The van der Waals surface area contributed by atoms with E-state index >= 15 is 0 Å². The van der Waals surface area contributed by atoms with Crippen molar-refractivity contribution in [3.8, 4) is 5.75 Å². The molecule has 2 aliphatic rings. The van der Waals surface area contributed by atoms with Crippen LogP contribution < -0.4 is 4.74 Å². The van der Waals surface area contributed by atoms with Crippen LogP contribution in [0.25, 0.3) is 0 Å². The molecule has 8 heteroatoms. The second kappa shape index (κ2) is 8.65. The second-order valence-electron chi connectivity index (χ2n) is 8.57. The number of hydrogen-bond acceptors (Lipinski definition) is 5. The lowest BCUT2D eigenvalue weighted by Crippen LogP contribution is -2.60. The number of piperidine rings is 1. The number of ketones is 1. The quantitative estimate of drug-likeness (QED) is 0.737. The smallest absolute Gasteiger partial charge is 0.410 e. The molecule has 0 saturated carbocycles. The van der Waals surface area contributed by atoms with E-state index in [4.69, 9.17) is 9.47 Å². The van der Waals surface area contributed by atoms with Crippen LogP contribution in [0.3, 0.4) is 0 Å². The van der Waals surface area contributed by atoms with E-state index in [0.717, 1.165) is 0 Å². The lowest BCUT2D eigenvalue weighted by molar-refractivity contribution is -0.131. The van der Waals surface area contributed by atoms with Crippen molar-refractivity contribution in [1.82, 2.24) is 4.90 Å². The Labute approximate surface area is 169 Å². The molecule has 2 fully saturated rings. The topological polar surface area (TPSA) is 65.1 Å². The molecule has 2 bridgehead atoms. The molecule has 0 spiro atoms. The van der Waals surface area contributed by atoms with Crippen molar-refractivity contribution < 1.29 is 32.6 Å². The zero-order valence-corrected chi connectivity index (χ0v) is 16.9. The summed E-state index contributed by atoms with van der Waals surface area (Å²) in [5.74, 6) is -0.150. The number of carbonyl (C=O) groups excluding carboxylic acids is 2. The number of amides is 1. The normalized spacial score (nSPS) is 24.3. The number of nitrogens with zero attached hydrogens (tertiary/aromatic N) is 1. The van der Waals surface area contributed by atoms with Crippen molar-refractivity contribution in [3.05, 3.63) is 29.8 Å². The van der Waals surface area contributed by atoms with Crippen LogP contribution in [-0.4, -0.2) is 54.3 Å². The van der Waals surface area contributed by atoms with Gasteiger partial charge in [0, 0.05) is 12.3 Å². The first-order valence-corrected chi connectivity index (χ1v) is 9.78. The molecule has 1 aromatic rings. The summed E-state index contributed by atoms with van der Waals surface area (Å²) in [6, 6.07) is 5.79. The standard InChI is InChI=1S/C21H27F2NO5/c1-21(2,3)29-20(26)24-15-9-14(10-16(24)12-27-11-15)18(25)8-13-5-4-6-17(7-13)28-19(22)23/h4-7,14-16,19H,8-12H2,1-3H3. The van der Waals surface area contributed by atoms with Gasteiger partial charge in [0.05, 0.1) is 25.3 Å². The largest absolute Gasteiger partial charge is 0.444 e. The van der Waals surface area contributed by atoms with Crippen LogP contribution >= 0.6 is 0 Å². The number of alkyl halides is 2. The van der Waals surface area contributed by atoms with Crippen LogP contribution in [-0.2, 0) is 20.7 Å². The van der Waals surface area contributed by atoms with Crippen molar-refractivity contribution in [3.63, 3.8) is 0 Å². The summed E-state index contributed by atoms with van der Waals surface area (Å²) in [7, 11) is 0. The summed E-state index contributed by atoms with van der Waals surface area (Å²) < 4.78 is 40.3. The van der Waals surface area contributed by atoms with Gasteiger partial charge in [0.1, 0.15) is 17.1 Å². The van der Waals surface area contributed by atoms with E-state index < -0.39 is 12.2 Å². The molecule has 29 heavy (non-hydrogen) atoms. The molecule has 2 heterocycles. The number of hydrogen-bond donors (Lipinski definition) is 0. The number of Topliss-reactive ketones (excluding diaryl/α,β-unsaturated/α-hetero) is 1. The van der Waals surface area contributed by atoms with Crippen LogP contribution in [0.1, 0.15) is 39.2 Å². The highest BCUT2D eigenvalue weighted by atomic mass is 19.3. The summed E-state index contributed by atoms with van der Waals surface area (Å²) >= 11 is 0. The zero-order valence-electron chi connectivity index (χ0n) is 16.9. The van der Waals surface area contributed by atoms with Gasteiger partial charge in [-0.1, -0.05) is 12.1 Å². The van der Waals surface area contributed by atoms with E-state index in [1.807, 2.05) is 20.8 Å². The molecular formula is C21H27F2NO5. The third kappa shape index (κ3) is 5.65. The Morgan fingerprint density at radius 3 is 2.45 bits per heavy atom. The molecule has 0 N–H and O–H groups in total. The fraction of sp³-hybridized carbons (Fsp3) is 0.619. The van der Waals surface area contributed by atoms with E-state index in [0.29, 0.717) is 31.6 Å². The molecular weight excluding hydrogens is 384 g/mol. The minimum atomic E-state index is -2.91. The number of rotatable bonds is 5. The predicted molar refractivity (Wildman–Crippen MR) is 101 cm³/mol. The Balaban J connectivity index is 1.65. The Kier molecular flexibility index (Phi) is 6.41. The monoisotopic (exact) mass is 411 g/mol. The first-order valence-electron chi connectivity index (χ1n) is 9.78. The van der Waals surface area contributed by atoms with Crippen molar-refractivity contribution in [1.29, 1.82) is 0 Å². The second-order valence-corrected chi connectivity index (χ2v) is 8.57. The summed E-state index contributed by atoms with van der Waals surface area (Å²) in [4.78, 5) is 27.2. The zero-order chi connectivity index (χ0) is 21.2. The van der Waals surface area contributed by atoms with Crippen molar-refractivity contribution in [2.45, 2.75) is 64.3 Å². The van der Waals surface area contributed by atoms with Gasteiger partial charge in [0.25, 0.3) is 0 Å². The van der Waals surface area contributed by atoms with Crippen molar-refractivity contribution in [2.75, 3.05) is 13.2 Å². The Bertz CT molecular complexity index is 735. The minimum absolute atomic E-state index is 0.0277. The van der Waals surface area contributed by atoms with Crippen molar-refractivity contribution in [2.24, 2.45) is 5.92 Å². The van der Waals surface area contributed by atoms with Gasteiger partial charge in [-0.05, 0) is 51.3 Å². The fourth-order valence-corrected chi connectivity index (χ4v) is 3.97. The molecule has 3 rings (SSSR count). The number of ether oxygens (including phenoxy) is 3. The SMILES string of the molecule is CC(C)(C)OC(=O)N1C2COCC1CC(C(=O)Cc1cccc(OC(F)F)c1)C2. The summed E-state index contributed by atoms with van der Waals surface area (Å²) in [5, 5.41) is 0. The molecule has 160 valence electrons. The first-order chi connectivity index (χ1) is 13.6. The number of benzene rings is 1. The number of morpholine rings is 1. The number of fused-ring (bicyclic) bond motifs is 2. The van der Waals surface area contributed by atoms with Crippen LogP contribution in [0.5, 0.6) is 5.75 Å². The third-order valence-corrected chi connectivity index (χ3v) is 5.08. The molecule has 2 atom stereocenters. The molecule has 1 aromatic carbocycles. The lowest BCUT2D eigenvalue weighted by atomic mass is 9.81. The van der Waals surface area contributed by atoms with E-state index in [9.17, 15) is 18.4 Å². The Morgan fingerprint density at radius 1 is 1.21 bits per heavy atom. The van der Waals surface area contributed by atoms with Gasteiger partial charge in [-0.25, -0.2) is 4.79 Å². The van der Waals surface area contributed by atoms with Gasteiger partial charge in [-0.3, -0.25) is 9.69 Å². The number of halogens is 2. The maximum Gasteiger partial charge on any atom is 0.410 e. The lowest BCUT2D eigenvalue weighted by Gasteiger charge is -2.47. The molecule has 6 nitrogen and oxygen atoms in total. The highest BCUT2D eigenvalue weighted by Crippen LogP contribution is 2.34. The van der Waals surface area contributed by atoms with E-state index in [1.54, 1.807) is 17.0 Å². The summed E-state index contributed by atoms with van der Waals surface area (Å²) in [5.41, 5.74) is 0.0358. The van der Waals surface area contributed by atoms with Gasteiger partial charge in [-0.15, -0.1) is 0 Å². The van der Waals surface area contributed by atoms with Crippen LogP contribution in [0.2, 0.25) is 0 Å². The van der Waals surface area contributed by atoms with Gasteiger partial charge in [-0.2, -0.15) is 8.78 Å². The molecule has 0 aromatic heterocycles. The van der Waals surface area contributed by atoms with Crippen LogP contribution in [0.15, 0.2) is 24.3 Å². The van der Waals surface area contributed by atoms with Crippen LogP contribution in [0.4, 0.5) is 13.6 Å². The van der Waals surface area contributed by atoms with E-state index in [-0.39, 0.29) is 42.0 Å². The molecule has 2 unspecified atom stereocenters. The summed E-state index contributed by atoms with van der Waals surface area (Å²) in [6.45, 7) is 3.30. The van der Waals surface area contributed by atoms with Gasteiger partial charge >= 0.3 is 12.7 Å². The maximum atomic E-state index is 12.9. The fourth-order valence-electron chi connectivity index (χ4n) is 3.97. The highest BCUT2D eigenvalue weighted by molar-refractivity contribution is 5.84. The molecule has 0 aliphatic carbocycles. The highest BCUT2D eigenvalue weighted by Gasteiger charge is 2.44. The molecule has 2 saturated heterocycles. The van der Waals surface area contributed by atoms with E-state index in [1.165, 1.54) is 12.1 Å². The van der Waals surface area contributed by atoms with Crippen LogP contribution in [0, 0.1) is 5.92 Å². The maximum absolute atomic E-state index is 12.9. The van der Waals surface area contributed by atoms with Gasteiger partial charge in [0.2, 0.25) is 0 Å². The molecule has 0 radical (unpaired) electrons. The van der Waals surface area contributed by atoms with E-state index in [2.05, 4.69) is 4.74 Å². The number of carbonyl (C=O) groups is 2. The third-order valence-electron chi connectivity index (χ3n) is 5.08. The Hall–Kier alpha value is -2.22. The average Bonchev–Trinajstić information content (AvgIpc) is 2.58. The Morgan fingerprint density at radius 2 is 1.86 bits per heavy atom. The van der Waals surface area contributed by atoms with Gasteiger partial charge in [0.15, 0.2) is 0 Å².